The number of rotatable bonds is 4. The molecule has 0 aromatic carbocycles. The molecule has 1 amide bonds. The Bertz CT molecular complexity index is 601. The Morgan fingerprint density at radius 2 is 2.40 bits per heavy atom. The molecule has 2 aliphatic heterocycles. The number of hydrogen-bond donors (Lipinski definition) is 1. The van der Waals surface area contributed by atoms with E-state index >= 15 is 0 Å². The first-order chi connectivity index (χ1) is 9.54. The summed E-state index contributed by atoms with van der Waals surface area (Å²) in [6, 6.07) is 0. The molecule has 20 heavy (non-hydrogen) atoms. The van der Waals surface area contributed by atoms with Gasteiger partial charge < -0.3 is 10.0 Å². The summed E-state index contributed by atoms with van der Waals surface area (Å²) in [6.07, 6.45) is 1.99. The average molecular weight is 329 g/mol. The lowest BCUT2D eigenvalue weighted by Crippen LogP contribution is -2.51. The van der Waals surface area contributed by atoms with Crippen molar-refractivity contribution < 1.29 is 14.7 Å². The molecule has 106 valence electrons. The summed E-state index contributed by atoms with van der Waals surface area (Å²) in [5.41, 5.74) is 0.285. The van der Waals surface area contributed by atoms with Crippen LogP contribution in [-0.4, -0.2) is 48.5 Å². The van der Waals surface area contributed by atoms with Gasteiger partial charge in [0.1, 0.15) is 5.01 Å². The van der Waals surface area contributed by atoms with E-state index in [1.54, 1.807) is 0 Å². The highest BCUT2D eigenvalue weighted by Gasteiger charge is 2.43. The molecular weight excluding hydrogens is 318 g/mol. The maximum Gasteiger partial charge on any atom is 0.334 e. The smallest absolute Gasteiger partial charge is 0.334 e. The minimum atomic E-state index is -0.963. The van der Waals surface area contributed by atoms with Crippen LogP contribution in [0.15, 0.2) is 16.1 Å². The SMILES string of the molecule is Cc1nnc(SCC2S[C@@H]3CC(=O)N3C=C2C(=O)O)s1. The minimum absolute atomic E-state index is 0.00731. The van der Waals surface area contributed by atoms with E-state index < -0.39 is 5.97 Å². The van der Waals surface area contributed by atoms with E-state index in [1.807, 2.05) is 6.92 Å². The number of nitrogens with zero attached hydrogens (tertiary/aromatic N) is 3. The zero-order valence-corrected chi connectivity index (χ0v) is 12.9. The second kappa shape index (κ2) is 5.38. The Morgan fingerprint density at radius 1 is 1.60 bits per heavy atom. The maximum absolute atomic E-state index is 11.4. The lowest BCUT2D eigenvalue weighted by Gasteiger charge is -2.43. The Morgan fingerprint density at radius 3 is 3.00 bits per heavy atom. The average Bonchev–Trinajstić information content (AvgIpc) is 2.80. The maximum atomic E-state index is 11.4. The molecule has 1 saturated heterocycles. The zero-order valence-electron chi connectivity index (χ0n) is 10.5. The van der Waals surface area contributed by atoms with Crippen LogP contribution in [-0.2, 0) is 9.59 Å². The van der Waals surface area contributed by atoms with Crippen molar-refractivity contribution in [3.8, 4) is 0 Å². The molecule has 0 spiro atoms. The van der Waals surface area contributed by atoms with Crippen molar-refractivity contribution in [2.75, 3.05) is 5.75 Å². The Kier molecular flexibility index (Phi) is 3.74. The first kappa shape index (κ1) is 13.9. The fourth-order valence-electron chi connectivity index (χ4n) is 1.97. The van der Waals surface area contributed by atoms with Crippen molar-refractivity contribution in [1.82, 2.24) is 15.1 Å². The second-order valence-electron chi connectivity index (χ2n) is 4.37. The molecule has 2 atom stereocenters. The van der Waals surface area contributed by atoms with Gasteiger partial charge in [-0.05, 0) is 6.92 Å². The van der Waals surface area contributed by atoms with Gasteiger partial charge in [0.05, 0.1) is 17.4 Å². The van der Waals surface area contributed by atoms with Gasteiger partial charge in [0.25, 0.3) is 0 Å². The van der Waals surface area contributed by atoms with Crippen molar-refractivity contribution in [2.24, 2.45) is 0 Å². The predicted molar refractivity (Wildman–Crippen MR) is 77.7 cm³/mol. The second-order valence-corrected chi connectivity index (χ2v) is 8.21. The summed E-state index contributed by atoms with van der Waals surface area (Å²) in [5.74, 6) is -0.350. The molecule has 2 aliphatic rings. The molecule has 1 unspecified atom stereocenters. The molecule has 3 rings (SSSR count). The number of carbonyl (C=O) groups excluding carboxylic acids is 1. The van der Waals surface area contributed by atoms with Crippen LogP contribution in [0.1, 0.15) is 11.4 Å². The van der Waals surface area contributed by atoms with Crippen LogP contribution in [0.3, 0.4) is 0 Å². The predicted octanol–water partition coefficient (Wildman–Crippen LogP) is 1.58. The monoisotopic (exact) mass is 329 g/mol. The zero-order chi connectivity index (χ0) is 14.3. The molecular formula is C11H11N3O3S3. The van der Waals surface area contributed by atoms with Gasteiger partial charge in [-0.3, -0.25) is 4.79 Å². The largest absolute Gasteiger partial charge is 0.478 e. The molecule has 9 heteroatoms. The molecule has 0 saturated carbocycles. The van der Waals surface area contributed by atoms with E-state index in [2.05, 4.69) is 10.2 Å². The third kappa shape index (κ3) is 2.57. The van der Waals surface area contributed by atoms with Gasteiger partial charge >= 0.3 is 5.97 Å². The number of thioether (sulfide) groups is 2. The van der Waals surface area contributed by atoms with Gasteiger partial charge in [-0.15, -0.1) is 22.0 Å². The van der Waals surface area contributed by atoms with Crippen LogP contribution in [0, 0.1) is 6.92 Å². The van der Waals surface area contributed by atoms with Crippen molar-refractivity contribution >= 4 is 46.7 Å². The summed E-state index contributed by atoms with van der Waals surface area (Å²) in [4.78, 5) is 24.2. The van der Waals surface area contributed by atoms with Crippen molar-refractivity contribution in [1.29, 1.82) is 0 Å². The number of aryl methyl sites for hydroxylation is 1. The molecule has 1 N–H and O–H groups in total. The van der Waals surface area contributed by atoms with Crippen LogP contribution < -0.4 is 0 Å². The fraction of sp³-hybridized carbons (Fsp3) is 0.455. The number of aliphatic carboxylic acids is 1. The first-order valence-corrected chi connectivity index (χ1v) is 8.63. The van der Waals surface area contributed by atoms with Crippen LogP contribution in [0.25, 0.3) is 0 Å². The lowest BCUT2D eigenvalue weighted by atomic mass is 10.1. The van der Waals surface area contributed by atoms with E-state index in [4.69, 9.17) is 0 Å². The van der Waals surface area contributed by atoms with Crippen molar-refractivity contribution in [3.63, 3.8) is 0 Å². The van der Waals surface area contributed by atoms with E-state index in [1.165, 1.54) is 46.0 Å². The number of carboxylic acid groups (broad SMARTS) is 1. The minimum Gasteiger partial charge on any atom is -0.478 e. The standard InChI is InChI=1S/C11H11N3O3S3/c1-5-12-13-11(19-5)18-4-7-6(10(16)17)3-14-8(15)2-9(14)20-7/h3,7,9H,2,4H2,1H3,(H,16,17)/t7?,9-/m1/s1. The number of carboxylic acids is 1. The van der Waals surface area contributed by atoms with Crippen LogP contribution >= 0.6 is 34.9 Å². The highest BCUT2D eigenvalue weighted by molar-refractivity contribution is 8.04. The number of aromatic nitrogens is 2. The third-order valence-electron chi connectivity index (χ3n) is 3.01. The molecule has 0 aliphatic carbocycles. The van der Waals surface area contributed by atoms with Crippen molar-refractivity contribution in [3.05, 3.63) is 16.8 Å². The Labute approximate surface area is 127 Å². The number of hydrogen-bond acceptors (Lipinski definition) is 7. The van der Waals surface area contributed by atoms with Crippen LogP contribution in [0.5, 0.6) is 0 Å². The summed E-state index contributed by atoms with van der Waals surface area (Å²) in [5, 5.41) is 18.1. The molecule has 0 bridgehead atoms. The van der Waals surface area contributed by atoms with Gasteiger partial charge in [-0.1, -0.05) is 23.1 Å². The quantitative estimate of drug-likeness (QED) is 0.663. The Hall–Kier alpha value is -1.06. The fourth-order valence-corrected chi connectivity index (χ4v) is 5.52. The van der Waals surface area contributed by atoms with Crippen LogP contribution in [0.4, 0.5) is 0 Å². The summed E-state index contributed by atoms with van der Waals surface area (Å²) < 4.78 is 0.847. The lowest BCUT2D eigenvalue weighted by molar-refractivity contribution is -0.138. The van der Waals surface area contributed by atoms with E-state index in [0.717, 1.165) is 9.35 Å². The van der Waals surface area contributed by atoms with Gasteiger partial charge in [0.2, 0.25) is 5.91 Å². The van der Waals surface area contributed by atoms with E-state index in [0.29, 0.717) is 12.2 Å². The van der Waals surface area contributed by atoms with E-state index in [-0.39, 0.29) is 22.1 Å². The van der Waals surface area contributed by atoms with Gasteiger partial charge in [0, 0.05) is 17.2 Å². The van der Waals surface area contributed by atoms with Gasteiger partial charge in [0.15, 0.2) is 4.34 Å². The normalized spacial score (nSPS) is 24.9. The van der Waals surface area contributed by atoms with Gasteiger partial charge in [-0.25, -0.2) is 4.79 Å². The molecule has 1 aromatic rings. The highest BCUT2D eigenvalue weighted by Crippen LogP contribution is 2.42. The van der Waals surface area contributed by atoms with Crippen LogP contribution in [0.2, 0.25) is 0 Å². The topological polar surface area (TPSA) is 83.4 Å². The number of amides is 1. The number of fused-ring (bicyclic) bond motifs is 1. The van der Waals surface area contributed by atoms with E-state index in [9.17, 15) is 14.7 Å². The number of carbonyl (C=O) groups is 2. The first-order valence-electron chi connectivity index (χ1n) is 5.89. The van der Waals surface area contributed by atoms with Crippen molar-refractivity contribution in [2.45, 2.75) is 28.3 Å². The molecule has 6 nitrogen and oxygen atoms in total. The highest BCUT2D eigenvalue weighted by atomic mass is 32.2. The molecule has 0 radical (unpaired) electrons. The third-order valence-corrected chi connectivity index (χ3v) is 6.74. The summed E-state index contributed by atoms with van der Waals surface area (Å²) in [7, 11) is 0. The number of β-lactam (4-membered cyclic amide) rings is 1. The molecule has 1 aromatic heterocycles. The summed E-state index contributed by atoms with van der Waals surface area (Å²) in [6.45, 7) is 1.89. The summed E-state index contributed by atoms with van der Waals surface area (Å²) >= 11 is 4.55. The molecule has 1 fully saturated rings. The Balaban J connectivity index is 1.71. The molecule has 3 heterocycles. The van der Waals surface area contributed by atoms with Gasteiger partial charge in [-0.2, -0.15) is 0 Å².